The highest BCUT2D eigenvalue weighted by atomic mass is 16.6. The fraction of sp³-hybridized carbons (Fsp3) is 0.231. The maximum atomic E-state index is 12.3. The van der Waals surface area contributed by atoms with E-state index in [1.807, 2.05) is 48.5 Å². The van der Waals surface area contributed by atoms with E-state index in [1.54, 1.807) is 0 Å². The van der Waals surface area contributed by atoms with E-state index in [-0.39, 0.29) is 31.1 Å². The van der Waals surface area contributed by atoms with E-state index in [1.165, 1.54) is 0 Å². The molecule has 0 bridgehead atoms. The summed E-state index contributed by atoms with van der Waals surface area (Å²) in [5.74, 6) is -1.58. The Hall–Kier alpha value is -4.28. The van der Waals surface area contributed by atoms with Crippen molar-refractivity contribution in [2.75, 3.05) is 13.2 Å². The summed E-state index contributed by atoms with van der Waals surface area (Å²) in [7, 11) is 0. The van der Waals surface area contributed by atoms with Crippen LogP contribution in [0.25, 0.3) is 11.1 Å². The lowest BCUT2D eigenvalue weighted by Gasteiger charge is -2.20. The molecule has 0 fully saturated rings. The minimum Gasteiger partial charge on any atom is -0.478 e. The van der Waals surface area contributed by atoms with E-state index >= 15 is 0 Å². The van der Waals surface area contributed by atoms with Gasteiger partial charge in [0, 0.05) is 24.6 Å². The van der Waals surface area contributed by atoms with Crippen molar-refractivity contribution in [3.05, 3.63) is 99.1 Å². The van der Waals surface area contributed by atoms with Gasteiger partial charge in [0.2, 0.25) is 0 Å². The Kier molecular flexibility index (Phi) is 7.28. The number of benzene rings is 3. The van der Waals surface area contributed by atoms with E-state index in [0.717, 1.165) is 40.5 Å². The Morgan fingerprint density at radius 1 is 1.00 bits per heavy atom. The molecule has 0 radical (unpaired) electrons. The van der Waals surface area contributed by atoms with E-state index in [9.17, 15) is 35.0 Å². The number of amides is 1. The van der Waals surface area contributed by atoms with Crippen molar-refractivity contribution in [2.45, 2.75) is 24.5 Å². The molecule has 4 N–H and O–H groups in total. The highest BCUT2D eigenvalue weighted by Gasteiger charge is 2.29. The first-order valence-corrected chi connectivity index (χ1v) is 11.2. The van der Waals surface area contributed by atoms with Gasteiger partial charge in [-0.05, 0) is 40.3 Å². The fourth-order valence-electron chi connectivity index (χ4n) is 4.44. The number of carboxylic acids is 1. The molecule has 0 saturated carbocycles. The zero-order chi connectivity index (χ0) is 25.8. The summed E-state index contributed by atoms with van der Waals surface area (Å²) in [6.07, 6.45) is -3.86. The quantitative estimate of drug-likeness (QED) is 0.260. The molecule has 0 heterocycles. The molecule has 36 heavy (non-hydrogen) atoms. The molecule has 10 heteroatoms. The minimum absolute atomic E-state index is 0.0513. The molecular weight excluding hydrogens is 468 g/mol. The Morgan fingerprint density at radius 3 is 2.19 bits per heavy atom. The molecule has 3 aromatic rings. The minimum atomic E-state index is -1.62. The molecule has 186 valence electrons. The first kappa shape index (κ1) is 24.8. The van der Waals surface area contributed by atoms with Gasteiger partial charge in [0.05, 0.1) is 16.6 Å². The highest BCUT2D eigenvalue weighted by Crippen LogP contribution is 2.44. The summed E-state index contributed by atoms with van der Waals surface area (Å²) in [5.41, 5.74) is 3.25. The number of carbonyl (C=O) groups is 2. The third kappa shape index (κ3) is 5.04. The summed E-state index contributed by atoms with van der Waals surface area (Å²) in [5, 5.41) is 43.5. The van der Waals surface area contributed by atoms with Crippen molar-refractivity contribution < 1.29 is 34.6 Å². The fourth-order valence-corrected chi connectivity index (χ4v) is 4.44. The molecular formula is C26H24N2O8. The van der Waals surface area contributed by atoms with Crippen molar-refractivity contribution >= 4 is 17.7 Å². The van der Waals surface area contributed by atoms with Crippen LogP contribution in [0.15, 0.2) is 66.7 Å². The van der Waals surface area contributed by atoms with Gasteiger partial charge < -0.3 is 25.4 Å². The lowest BCUT2D eigenvalue weighted by molar-refractivity contribution is -0.384. The number of rotatable bonds is 9. The Balaban J connectivity index is 1.32. The van der Waals surface area contributed by atoms with E-state index in [0.29, 0.717) is 0 Å². The number of aromatic carboxylic acids is 1. The molecule has 3 aromatic carbocycles. The van der Waals surface area contributed by atoms with Gasteiger partial charge >= 0.3 is 12.1 Å². The SMILES string of the molecule is O=C(NCCC(O)C(O)c1ccc([N+](=O)[O-])cc1C(=O)O)OCC1c2ccccc2-c2ccccc21. The molecule has 0 aliphatic heterocycles. The third-order valence-electron chi connectivity index (χ3n) is 6.21. The van der Waals surface area contributed by atoms with Crippen molar-refractivity contribution in [3.8, 4) is 11.1 Å². The molecule has 0 aromatic heterocycles. The van der Waals surface area contributed by atoms with Gasteiger partial charge in [-0.25, -0.2) is 9.59 Å². The second-order valence-corrected chi connectivity index (χ2v) is 8.39. The molecule has 1 aliphatic rings. The number of hydrogen-bond donors (Lipinski definition) is 4. The number of hydrogen-bond acceptors (Lipinski definition) is 7. The van der Waals surface area contributed by atoms with Crippen LogP contribution in [0, 0.1) is 10.1 Å². The maximum Gasteiger partial charge on any atom is 0.407 e. The predicted molar refractivity (Wildman–Crippen MR) is 129 cm³/mol. The topological polar surface area (TPSA) is 159 Å². The third-order valence-corrected chi connectivity index (χ3v) is 6.21. The van der Waals surface area contributed by atoms with Crippen LogP contribution >= 0.6 is 0 Å². The number of non-ortho nitro benzene ring substituents is 1. The molecule has 4 rings (SSSR count). The monoisotopic (exact) mass is 492 g/mol. The Morgan fingerprint density at radius 2 is 1.61 bits per heavy atom. The van der Waals surface area contributed by atoms with Gasteiger partial charge in [0.15, 0.2) is 0 Å². The number of carboxylic acid groups (broad SMARTS) is 1. The maximum absolute atomic E-state index is 12.3. The lowest BCUT2D eigenvalue weighted by atomic mass is 9.96. The van der Waals surface area contributed by atoms with Gasteiger partial charge in [0.25, 0.3) is 5.69 Å². The van der Waals surface area contributed by atoms with E-state index in [4.69, 9.17) is 4.74 Å². The van der Waals surface area contributed by atoms with Crippen molar-refractivity contribution in [1.82, 2.24) is 5.32 Å². The van der Waals surface area contributed by atoms with Crippen LogP contribution in [0.4, 0.5) is 10.5 Å². The summed E-state index contributed by atoms with van der Waals surface area (Å²) in [6, 6.07) is 18.8. The molecule has 2 atom stereocenters. The van der Waals surface area contributed by atoms with Crippen LogP contribution in [0.2, 0.25) is 0 Å². The number of fused-ring (bicyclic) bond motifs is 3. The van der Waals surface area contributed by atoms with Crippen molar-refractivity contribution in [2.24, 2.45) is 0 Å². The highest BCUT2D eigenvalue weighted by molar-refractivity contribution is 5.90. The normalized spacial score (nSPS) is 13.8. The Labute approximate surface area is 205 Å². The number of nitrogens with one attached hydrogen (secondary N) is 1. The molecule has 0 saturated heterocycles. The van der Waals surface area contributed by atoms with Crippen molar-refractivity contribution in [3.63, 3.8) is 0 Å². The molecule has 2 unspecified atom stereocenters. The van der Waals surface area contributed by atoms with Gasteiger partial charge in [-0.2, -0.15) is 0 Å². The first-order valence-electron chi connectivity index (χ1n) is 11.2. The summed E-state index contributed by atoms with van der Waals surface area (Å²) in [4.78, 5) is 33.9. The standard InChI is InChI=1S/C26H24N2O8/c29-23(24(30)20-10-9-15(28(34)35)13-21(20)25(31)32)11-12-27-26(33)36-14-22-18-7-3-1-5-16(18)17-6-2-4-8-19(17)22/h1-10,13,22-24,29-30H,11-12,14H2,(H,27,33)(H,31,32). The summed E-state index contributed by atoms with van der Waals surface area (Å²) in [6.45, 7) is 0.0695. The molecule has 1 amide bonds. The largest absolute Gasteiger partial charge is 0.478 e. The zero-order valence-electron chi connectivity index (χ0n) is 19.0. The van der Waals surface area contributed by atoms with E-state index < -0.39 is 40.4 Å². The number of aliphatic hydroxyl groups is 2. The average Bonchev–Trinajstić information content (AvgIpc) is 3.20. The second kappa shape index (κ2) is 10.5. The molecule has 0 spiro atoms. The van der Waals surface area contributed by atoms with Gasteiger partial charge in [-0.15, -0.1) is 0 Å². The number of ether oxygens (including phenoxy) is 1. The van der Waals surface area contributed by atoms with Crippen LogP contribution in [0.1, 0.15) is 45.5 Å². The number of alkyl carbamates (subject to hydrolysis) is 1. The van der Waals surface area contributed by atoms with Crippen molar-refractivity contribution in [1.29, 1.82) is 0 Å². The number of nitro benzene ring substituents is 1. The van der Waals surface area contributed by atoms with Crippen LogP contribution in [0.3, 0.4) is 0 Å². The smallest absolute Gasteiger partial charge is 0.407 e. The average molecular weight is 492 g/mol. The van der Waals surface area contributed by atoms with Gasteiger partial charge in [0.1, 0.15) is 12.7 Å². The molecule has 10 nitrogen and oxygen atoms in total. The van der Waals surface area contributed by atoms with Crippen LogP contribution in [-0.2, 0) is 4.74 Å². The Bertz CT molecular complexity index is 1260. The predicted octanol–water partition coefficient (Wildman–Crippen LogP) is 3.62. The number of aliphatic hydroxyl groups excluding tert-OH is 2. The lowest BCUT2D eigenvalue weighted by Crippen LogP contribution is -2.31. The second-order valence-electron chi connectivity index (χ2n) is 8.39. The number of carbonyl (C=O) groups excluding carboxylic acids is 1. The van der Waals surface area contributed by atoms with Crippen LogP contribution in [0.5, 0.6) is 0 Å². The van der Waals surface area contributed by atoms with Crippen LogP contribution in [-0.4, -0.2) is 51.6 Å². The number of nitrogens with zero attached hydrogens (tertiary/aromatic N) is 1. The van der Waals surface area contributed by atoms with Gasteiger partial charge in [-0.1, -0.05) is 48.5 Å². The summed E-state index contributed by atoms with van der Waals surface area (Å²) >= 11 is 0. The molecule has 1 aliphatic carbocycles. The van der Waals surface area contributed by atoms with E-state index in [2.05, 4.69) is 5.32 Å². The van der Waals surface area contributed by atoms with Gasteiger partial charge in [-0.3, -0.25) is 10.1 Å². The van der Waals surface area contributed by atoms with Crippen LogP contribution < -0.4 is 5.32 Å². The first-order chi connectivity index (χ1) is 17.3. The number of nitro groups is 1. The summed E-state index contributed by atoms with van der Waals surface area (Å²) < 4.78 is 5.42. The zero-order valence-corrected chi connectivity index (χ0v) is 19.0.